The van der Waals surface area contributed by atoms with Gasteiger partial charge >= 0.3 is 0 Å². The number of ether oxygens (including phenoxy) is 1. The van der Waals surface area contributed by atoms with Crippen molar-refractivity contribution < 1.29 is 18.7 Å². The highest BCUT2D eigenvalue weighted by Crippen LogP contribution is 2.27. The molecular weight excluding hydrogens is 382 g/mol. The third kappa shape index (κ3) is 5.05. The van der Waals surface area contributed by atoms with Crippen LogP contribution in [0.25, 0.3) is 0 Å². The second kappa shape index (κ2) is 8.96. The Kier molecular flexibility index (Phi) is 6.18. The molecule has 0 bridgehead atoms. The maximum atomic E-state index is 12.2. The molecule has 7 nitrogen and oxygen atoms in total. The van der Waals surface area contributed by atoms with E-state index in [0.717, 1.165) is 0 Å². The van der Waals surface area contributed by atoms with E-state index in [4.69, 9.17) is 20.8 Å². The highest BCUT2D eigenvalue weighted by Gasteiger charge is 2.10. The average molecular weight is 400 g/mol. The van der Waals surface area contributed by atoms with Crippen molar-refractivity contribution in [1.82, 2.24) is 0 Å². The Morgan fingerprint density at radius 2 is 1.79 bits per heavy atom. The number of halogens is 1. The average Bonchev–Trinajstić information content (AvgIpc) is 3.22. The summed E-state index contributed by atoms with van der Waals surface area (Å²) in [6.45, 7) is 0.0473. The Morgan fingerprint density at radius 3 is 2.46 bits per heavy atom. The smallest absolute Gasteiger partial charge is 0.291 e. The number of methoxy groups -OCH3 is 1. The maximum absolute atomic E-state index is 12.2. The van der Waals surface area contributed by atoms with E-state index in [1.54, 1.807) is 54.6 Å². The van der Waals surface area contributed by atoms with E-state index in [1.165, 1.54) is 13.4 Å². The highest BCUT2D eigenvalue weighted by molar-refractivity contribution is 6.32. The first kappa shape index (κ1) is 19.3. The van der Waals surface area contributed by atoms with Crippen molar-refractivity contribution in [3.63, 3.8) is 0 Å². The van der Waals surface area contributed by atoms with Gasteiger partial charge in [-0.3, -0.25) is 9.59 Å². The van der Waals surface area contributed by atoms with Gasteiger partial charge in [-0.25, -0.2) is 0 Å². The molecule has 0 unspecified atom stereocenters. The van der Waals surface area contributed by atoms with Crippen LogP contribution in [0.3, 0.4) is 0 Å². The predicted octanol–water partition coefficient (Wildman–Crippen LogP) is 4.24. The monoisotopic (exact) mass is 399 g/mol. The molecule has 0 spiro atoms. The molecule has 1 heterocycles. The molecule has 144 valence electrons. The number of hydrogen-bond donors (Lipinski definition) is 3. The third-order valence-corrected chi connectivity index (χ3v) is 4.05. The number of rotatable bonds is 7. The summed E-state index contributed by atoms with van der Waals surface area (Å²) in [5.74, 6) is 0.148. The van der Waals surface area contributed by atoms with E-state index in [-0.39, 0.29) is 24.1 Å². The first-order valence-electron chi connectivity index (χ1n) is 8.37. The van der Waals surface area contributed by atoms with Crippen LogP contribution in [0.15, 0.2) is 65.3 Å². The predicted molar refractivity (Wildman–Crippen MR) is 108 cm³/mol. The molecule has 2 amide bonds. The number of benzene rings is 2. The lowest BCUT2D eigenvalue weighted by atomic mass is 10.2. The molecular formula is C20H18ClN3O4. The normalized spacial score (nSPS) is 10.2. The topological polar surface area (TPSA) is 92.6 Å². The molecule has 0 aliphatic heterocycles. The van der Waals surface area contributed by atoms with Crippen molar-refractivity contribution in [1.29, 1.82) is 0 Å². The molecule has 3 N–H and O–H groups in total. The lowest BCUT2D eigenvalue weighted by Crippen LogP contribution is -2.21. The van der Waals surface area contributed by atoms with Crippen LogP contribution in [0.1, 0.15) is 10.6 Å². The summed E-state index contributed by atoms with van der Waals surface area (Å²) in [7, 11) is 1.53. The van der Waals surface area contributed by atoms with E-state index >= 15 is 0 Å². The van der Waals surface area contributed by atoms with E-state index in [1.807, 2.05) is 0 Å². The van der Waals surface area contributed by atoms with Crippen LogP contribution in [0, 0.1) is 0 Å². The first-order valence-corrected chi connectivity index (χ1v) is 8.75. The number of nitrogens with one attached hydrogen (secondary N) is 3. The van der Waals surface area contributed by atoms with Crippen molar-refractivity contribution in [2.24, 2.45) is 0 Å². The van der Waals surface area contributed by atoms with Gasteiger partial charge in [-0.2, -0.15) is 0 Å². The fourth-order valence-electron chi connectivity index (χ4n) is 2.44. The summed E-state index contributed by atoms with van der Waals surface area (Å²) in [5.41, 5.74) is 1.78. The molecule has 0 aliphatic rings. The molecule has 2 aromatic carbocycles. The molecule has 0 radical (unpaired) electrons. The Hall–Kier alpha value is -3.45. The molecule has 28 heavy (non-hydrogen) atoms. The SMILES string of the molecule is COc1ccc(NCC(=O)Nc2cccc(NC(=O)c3ccco3)c2)cc1Cl. The molecule has 3 aromatic rings. The van der Waals surface area contributed by atoms with Gasteiger partial charge in [0.15, 0.2) is 5.76 Å². The minimum Gasteiger partial charge on any atom is -0.495 e. The van der Waals surface area contributed by atoms with Crippen LogP contribution in [0.4, 0.5) is 17.1 Å². The summed E-state index contributed by atoms with van der Waals surface area (Å²) in [5, 5.41) is 8.91. The number of furan rings is 1. The van der Waals surface area contributed by atoms with Gasteiger partial charge in [-0.15, -0.1) is 0 Å². The Labute approximate surface area is 166 Å². The number of carbonyl (C=O) groups excluding carboxylic acids is 2. The number of carbonyl (C=O) groups is 2. The van der Waals surface area contributed by atoms with Crippen molar-refractivity contribution in [2.45, 2.75) is 0 Å². The quantitative estimate of drug-likeness (QED) is 0.552. The van der Waals surface area contributed by atoms with E-state index in [2.05, 4.69) is 16.0 Å². The molecule has 0 aliphatic carbocycles. The number of anilines is 3. The second-order valence-electron chi connectivity index (χ2n) is 5.76. The van der Waals surface area contributed by atoms with Crippen molar-refractivity contribution in [2.75, 3.05) is 29.6 Å². The Morgan fingerprint density at radius 1 is 1.00 bits per heavy atom. The van der Waals surface area contributed by atoms with E-state index < -0.39 is 0 Å². The summed E-state index contributed by atoms with van der Waals surface area (Å²) in [6, 6.07) is 15.2. The van der Waals surface area contributed by atoms with Crippen LogP contribution >= 0.6 is 11.6 Å². The number of amides is 2. The molecule has 0 atom stereocenters. The van der Waals surface area contributed by atoms with Crippen LogP contribution in [-0.2, 0) is 4.79 Å². The Bertz CT molecular complexity index is 973. The fraction of sp³-hybridized carbons (Fsp3) is 0.100. The van der Waals surface area contributed by atoms with Gasteiger partial charge in [-0.05, 0) is 48.5 Å². The van der Waals surface area contributed by atoms with Gasteiger partial charge in [0.2, 0.25) is 5.91 Å². The lowest BCUT2D eigenvalue weighted by Gasteiger charge is -2.10. The van der Waals surface area contributed by atoms with Crippen molar-refractivity contribution >= 4 is 40.5 Å². The fourth-order valence-corrected chi connectivity index (χ4v) is 2.70. The molecule has 3 rings (SSSR count). The third-order valence-electron chi connectivity index (χ3n) is 3.75. The summed E-state index contributed by atoms with van der Waals surface area (Å²) in [6.07, 6.45) is 1.43. The standard InChI is InChI=1S/C20H18ClN3O4/c1-27-17-8-7-13(11-16(17)21)22-12-19(25)23-14-4-2-5-15(10-14)24-20(26)18-6-3-9-28-18/h2-11,22H,12H2,1H3,(H,23,25)(H,24,26). The molecule has 0 saturated carbocycles. The zero-order chi connectivity index (χ0) is 19.9. The van der Waals surface area contributed by atoms with E-state index in [9.17, 15) is 9.59 Å². The summed E-state index contributed by atoms with van der Waals surface area (Å²) >= 11 is 6.06. The zero-order valence-corrected chi connectivity index (χ0v) is 15.7. The van der Waals surface area contributed by atoms with E-state index in [0.29, 0.717) is 27.8 Å². The van der Waals surface area contributed by atoms with Crippen molar-refractivity contribution in [3.8, 4) is 5.75 Å². The molecule has 0 saturated heterocycles. The van der Waals surface area contributed by atoms with Gasteiger partial charge in [0.05, 0.1) is 24.9 Å². The summed E-state index contributed by atoms with van der Waals surface area (Å²) < 4.78 is 10.1. The van der Waals surface area contributed by atoms with Crippen LogP contribution in [0.2, 0.25) is 5.02 Å². The van der Waals surface area contributed by atoms with Crippen LogP contribution < -0.4 is 20.7 Å². The van der Waals surface area contributed by atoms with Gasteiger partial charge in [0.1, 0.15) is 5.75 Å². The van der Waals surface area contributed by atoms with Crippen molar-refractivity contribution in [3.05, 3.63) is 71.6 Å². The van der Waals surface area contributed by atoms with Gasteiger partial charge in [-0.1, -0.05) is 17.7 Å². The zero-order valence-electron chi connectivity index (χ0n) is 15.0. The molecule has 8 heteroatoms. The van der Waals surface area contributed by atoms with Crippen LogP contribution in [0.5, 0.6) is 5.75 Å². The molecule has 0 fully saturated rings. The lowest BCUT2D eigenvalue weighted by molar-refractivity contribution is -0.114. The highest BCUT2D eigenvalue weighted by atomic mass is 35.5. The van der Waals surface area contributed by atoms with Gasteiger partial charge in [0.25, 0.3) is 5.91 Å². The minimum absolute atomic E-state index is 0.0473. The molecule has 1 aromatic heterocycles. The second-order valence-corrected chi connectivity index (χ2v) is 6.17. The van der Waals surface area contributed by atoms with Gasteiger partial charge < -0.3 is 25.1 Å². The van der Waals surface area contributed by atoms with Gasteiger partial charge in [0, 0.05) is 17.1 Å². The minimum atomic E-state index is -0.369. The first-order chi connectivity index (χ1) is 13.5. The van der Waals surface area contributed by atoms with Crippen LogP contribution in [-0.4, -0.2) is 25.5 Å². The summed E-state index contributed by atoms with van der Waals surface area (Å²) in [4.78, 5) is 24.2. The maximum Gasteiger partial charge on any atom is 0.291 e. The number of hydrogen-bond acceptors (Lipinski definition) is 5. The Balaban J connectivity index is 1.55. The largest absolute Gasteiger partial charge is 0.495 e.